The van der Waals surface area contributed by atoms with Crippen LogP contribution in [0.4, 0.5) is 25.4 Å². The number of cyclic esters (lactones) is 1. The molecule has 28 heavy (non-hydrogen) atoms. The lowest BCUT2D eigenvalue weighted by atomic mass is 10.2. The van der Waals surface area contributed by atoms with Crippen molar-refractivity contribution in [2.75, 3.05) is 43.0 Å². The van der Waals surface area contributed by atoms with E-state index < -0.39 is 18.0 Å². The number of nitrogens with zero attached hydrogens (tertiary/aromatic N) is 3. The van der Waals surface area contributed by atoms with Crippen LogP contribution in [0.2, 0.25) is 0 Å². The van der Waals surface area contributed by atoms with Gasteiger partial charge in [0.05, 0.1) is 37.1 Å². The summed E-state index contributed by atoms with van der Waals surface area (Å²) in [6.45, 7) is 2.72. The molecule has 1 aromatic rings. The van der Waals surface area contributed by atoms with E-state index in [4.69, 9.17) is 9.47 Å². The Bertz CT molecular complexity index is 834. The first-order chi connectivity index (χ1) is 13.3. The Morgan fingerprint density at radius 3 is 2.68 bits per heavy atom. The van der Waals surface area contributed by atoms with Gasteiger partial charge in [-0.05, 0) is 18.2 Å². The van der Waals surface area contributed by atoms with E-state index in [1.165, 1.54) is 22.8 Å². The predicted octanol–water partition coefficient (Wildman–Crippen LogP) is 0.926. The first-order valence-corrected chi connectivity index (χ1v) is 9.04. The van der Waals surface area contributed by atoms with Gasteiger partial charge in [0.15, 0.2) is 0 Å². The van der Waals surface area contributed by atoms with E-state index in [9.17, 15) is 18.8 Å². The minimum Gasteiger partial charge on any atom is -0.442 e. The first-order valence-electron chi connectivity index (χ1n) is 9.04. The van der Waals surface area contributed by atoms with Crippen molar-refractivity contribution in [2.24, 2.45) is 0 Å². The number of amides is 3. The molecule has 0 aromatic heterocycles. The van der Waals surface area contributed by atoms with Gasteiger partial charge in [0.1, 0.15) is 18.0 Å². The maximum atomic E-state index is 14.8. The second-order valence-corrected chi connectivity index (χ2v) is 7.19. The second kappa shape index (κ2) is 6.84. The summed E-state index contributed by atoms with van der Waals surface area (Å²) in [4.78, 5) is 39.4. The van der Waals surface area contributed by atoms with Crippen molar-refractivity contribution in [3.8, 4) is 0 Å². The van der Waals surface area contributed by atoms with Gasteiger partial charge in [-0.3, -0.25) is 9.69 Å². The molecule has 0 radical (unpaired) electrons. The number of ether oxygens (including phenoxy) is 2. The van der Waals surface area contributed by atoms with E-state index in [0.717, 1.165) is 0 Å². The van der Waals surface area contributed by atoms with Crippen LogP contribution in [0.25, 0.3) is 0 Å². The molecular formula is C18H21FN4O5. The molecule has 10 heteroatoms. The van der Waals surface area contributed by atoms with Crippen LogP contribution in [0.15, 0.2) is 18.2 Å². The van der Waals surface area contributed by atoms with E-state index in [2.05, 4.69) is 5.32 Å². The minimum atomic E-state index is -0.577. The predicted molar refractivity (Wildman–Crippen MR) is 96.7 cm³/mol. The SMILES string of the molecule is CC(=O)NC[C@H]1CN(c2ccc(N3C[C@@H]4OC(=O)N(C)[C@@H]4C3)c(F)c2)C(=O)O1. The van der Waals surface area contributed by atoms with Gasteiger partial charge in [-0.15, -0.1) is 0 Å². The topological polar surface area (TPSA) is 91.4 Å². The third kappa shape index (κ3) is 3.19. The Balaban J connectivity index is 1.45. The standard InChI is InChI=1S/C18H21FN4O5/c1-10(24)20-6-12-7-23(18(26)27-12)11-3-4-14(13(19)5-11)22-8-15-16(9-22)28-17(25)21(15)2/h3-5,12,15-16H,6-9H2,1-2H3,(H,20,24)/t12-,15+,16-/m0/s1. The van der Waals surface area contributed by atoms with Crippen LogP contribution in [0, 0.1) is 5.82 Å². The van der Waals surface area contributed by atoms with Crippen molar-refractivity contribution in [3.05, 3.63) is 24.0 Å². The molecule has 0 aliphatic carbocycles. The summed E-state index contributed by atoms with van der Waals surface area (Å²) < 4.78 is 25.3. The van der Waals surface area contributed by atoms with Crippen molar-refractivity contribution in [1.82, 2.24) is 10.2 Å². The van der Waals surface area contributed by atoms with Crippen LogP contribution in [-0.2, 0) is 14.3 Å². The number of fused-ring (bicyclic) bond motifs is 1. The molecule has 150 valence electrons. The van der Waals surface area contributed by atoms with E-state index in [0.29, 0.717) is 24.5 Å². The molecule has 4 rings (SSSR count). The third-order valence-corrected chi connectivity index (χ3v) is 5.31. The average molecular weight is 392 g/mol. The average Bonchev–Trinajstić information content (AvgIpc) is 3.29. The van der Waals surface area contributed by atoms with Crippen molar-refractivity contribution in [3.63, 3.8) is 0 Å². The Labute approximate surface area is 160 Å². The minimum absolute atomic E-state index is 0.102. The number of likely N-dealkylation sites (N-methyl/N-ethyl adjacent to an activating group) is 1. The summed E-state index contributed by atoms with van der Waals surface area (Å²) in [7, 11) is 1.67. The molecule has 3 atom stereocenters. The van der Waals surface area contributed by atoms with Gasteiger partial charge in [-0.1, -0.05) is 0 Å². The van der Waals surface area contributed by atoms with Crippen LogP contribution in [0.1, 0.15) is 6.92 Å². The Hall–Kier alpha value is -3.04. The number of rotatable bonds is 4. The number of carbonyl (C=O) groups is 3. The summed E-state index contributed by atoms with van der Waals surface area (Å²) in [5.41, 5.74) is 0.782. The van der Waals surface area contributed by atoms with Crippen molar-refractivity contribution >= 4 is 29.5 Å². The van der Waals surface area contributed by atoms with Gasteiger partial charge < -0.3 is 24.6 Å². The third-order valence-electron chi connectivity index (χ3n) is 5.31. The molecule has 3 aliphatic heterocycles. The fourth-order valence-electron chi connectivity index (χ4n) is 3.81. The molecule has 3 saturated heterocycles. The van der Waals surface area contributed by atoms with Gasteiger partial charge in [-0.2, -0.15) is 0 Å². The largest absolute Gasteiger partial charge is 0.442 e. The highest BCUT2D eigenvalue weighted by atomic mass is 19.1. The van der Waals surface area contributed by atoms with E-state index in [-0.39, 0.29) is 37.2 Å². The number of hydrogen-bond donors (Lipinski definition) is 1. The van der Waals surface area contributed by atoms with Crippen LogP contribution in [0.3, 0.4) is 0 Å². The fraction of sp³-hybridized carbons (Fsp3) is 0.500. The normalized spacial score (nSPS) is 26.4. The number of nitrogens with one attached hydrogen (secondary N) is 1. The summed E-state index contributed by atoms with van der Waals surface area (Å²) in [6, 6.07) is 4.46. The molecule has 0 saturated carbocycles. The van der Waals surface area contributed by atoms with Gasteiger partial charge in [0, 0.05) is 20.5 Å². The second-order valence-electron chi connectivity index (χ2n) is 7.19. The molecule has 1 N–H and O–H groups in total. The van der Waals surface area contributed by atoms with Crippen LogP contribution >= 0.6 is 0 Å². The Morgan fingerprint density at radius 2 is 2.00 bits per heavy atom. The summed E-state index contributed by atoms with van der Waals surface area (Å²) in [5.74, 6) is -0.679. The monoisotopic (exact) mass is 392 g/mol. The highest BCUT2D eigenvalue weighted by molar-refractivity contribution is 5.90. The number of hydrogen-bond acceptors (Lipinski definition) is 6. The van der Waals surface area contributed by atoms with Crippen LogP contribution in [0.5, 0.6) is 0 Å². The highest BCUT2D eigenvalue weighted by Crippen LogP contribution is 2.33. The van der Waals surface area contributed by atoms with Crippen LogP contribution < -0.4 is 15.1 Å². The summed E-state index contributed by atoms with van der Waals surface area (Å²) >= 11 is 0. The summed E-state index contributed by atoms with van der Waals surface area (Å²) in [5, 5.41) is 2.60. The Morgan fingerprint density at radius 1 is 1.21 bits per heavy atom. The van der Waals surface area contributed by atoms with E-state index in [1.54, 1.807) is 19.2 Å². The van der Waals surface area contributed by atoms with E-state index in [1.807, 2.05) is 4.90 Å². The van der Waals surface area contributed by atoms with Crippen LogP contribution in [-0.4, -0.2) is 74.5 Å². The van der Waals surface area contributed by atoms with Gasteiger partial charge in [0.2, 0.25) is 5.91 Å². The molecule has 3 heterocycles. The smallest absolute Gasteiger partial charge is 0.414 e. The lowest BCUT2D eigenvalue weighted by Crippen LogP contribution is -2.35. The molecule has 3 fully saturated rings. The number of benzene rings is 1. The zero-order valence-corrected chi connectivity index (χ0v) is 15.6. The highest BCUT2D eigenvalue weighted by Gasteiger charge is 2.46. The first kappa shape index (κ1) is 18.3. The fourth-order valence-corrected chi connectivity index (χ4v) is 3.81. The van der Waals surface area contributed by atoms with Crippen molar-refractivity contribution in [1.29, 1.82) is 0 Å². The maximum Gasteiger partial charge on any atom is 0.414 e. The number of halogens is 1. The molecule has 1 aromatic carbocycles. The quantitative estimate of drug-likeness (QED) is 0.820. The van der Waals surface area contributed by atoms with Gasteiger partial charge in [-0.25, -0.2) is 14.0 Å². The van der Waals surface area contributed by atoms with Crippen molar-refractivity contribution in [2.45, 2.75) is 25.2 Å². The molecule has 3 aliphatic rings. The maximum absolute atomic E-state index is 14.8. The lowest BCUT2D eigenvalue weighted by molar-refractivity contribution is -0.119. The summed E-state index contributed by atoms with van der Waals surface area (Å²) in [6.07, 6.45) is -1.69. The van der Waals surface area contributed by atoms with Crippen molar-refractivity contribution < 1.29 is 28.2 Å². The molecule has 0 spiro atoms. The molecule has 9 nitrogen and oxygen atoms in total. The lowest BCUT2D eigenvalue weighted by Gasteiger charge is -2.23. The van der Waals surface area contributed by atoms with Gasteiger partial charge >= 0.3 is 12.2 Å². The zero-order chi connectivity index (χ0) is 20.0. The molecular weight excluding hydrogens is 371 g/mol. The number of carbonyl (C=O) groups excluding carboxylic acids is 3. The van der Waals surface area contributed by atoms with E-state index >= 15 is 0 Å². The molecule has 0 unspecified atom stereocenters. The Kier molecular flexibility index (Phi) is 4.48. The molecule has 0 bridgehead atoms. The number of anilines is 2. The van der Waals surface area contributed by atoms with Gasteiger partial charge in [0.25, 0.3) is 0 Å². The molecule has 3 amide bonds. The zero-order valence-electron chi connectivity index (χ0n) is 15.6.